The van der Waals surface area contributed by atoms with Gasteiger partial charge in [-0.1, -0.05) is 0 Å². The number of anilines is 1. The van der Waals surface area contributed by atoms with E-state index >= 15 is 0 Å². The van der Waals surface area contributed by atoms with Crippen molar-refractivity contribution >= 4 is 17.2 Å². The summed E-state index contributed by atoms with van der Waals surface area (Å²) in [4.78, 5) is 19.6. The Morgan fingerprint density at radius 3 is 2.93 bits per heavy atom. The first-order valence-electron chi connectivity index (χ1n) is 9.69. The van der Waals surface area contributed by atoms with E-state index in [0.29, 0.717) is 23.8 Å². The van der Waals surface area contributed by atoms with E-state index in [0.717, 1.165) is 30.8 Å². The molecule has 0 spiro atoms. The predicted molar refractivity (Wildman–Crippen MR) is 106 cm³/mol. The molecule has 8 heteroatoms. The van der Waals surface area contributed by atoms with Crippen molar-refractivity contribution in [3.8, 4) is 0 Å². The van der Waals surface area contributed by atoms with Crippen molar-refractivity contribution < 1.29 is 9.90 Å². The van der Waals surface area contributed by atoms with Gasteiger partial charge in [-0.05, 0) is 39.7 Å². The molecule has 148 valence electrons. The van der Waals surface area contributed by atoms with Gasteiger partial charge in [0.2, 0.25) is 0 Å². The SMILES string of the molecule is CC1CCCN1c1nn(CC(C)(C)O)cc1CC(=O)c1cnn2cccnc12. The molecule has 4 rings (SSSR count). The Morgan fingerprint density at radius 2 is 2.21 bits per heavy atom. The van der Waals surface area contributed by atoms with Crippen molar-refractivity contribution in [2.75, 3.05) is 11.4 Å². The standard InChI is InChI=1S/C20H26N6O2/c1-14-6-4-8-25(14)18-15(12-24(23-18)13-20(2,3)28)10-17(27)16-11-22-26-9-5-7-21-19(16)26/h5,7,9,11-12,14,28H,4,6,8,10,13H2,1-3H3. The fourth-order valence-corrected chi connectivity index (χ4v) is 3.84. The largest absolute Gasteiger partial charge is 0.389 e. The van der Waals surface area contributed by atoms with Crippen LogP contribution in [0.2, 0.25) is 0 Å². The lowest BCUT2D eigenvalue weighted by Crippen LogP contribution is -2.29. The summed E-state index contributed by atoms with van der Waals surface area (Å²) in [5.41, 5.74) is 1.06. The smallest absolute Gasteiger partial charge is 0.172 e. The molecule has 1 aliphatic heterocycles. The average molecular weight is 382 g/mol. The minimum atomic E-state index is -0.881. The number of hydrogen-bond acceptors (Lipinski definition) is 6. The fourth-order valence-electron chi connectivity index (χ4n) is 3.84. The van der Waals surface area contributed by atoms with Crippen molar-refractivity contribution in [1.82, 2.24) is 24.4 Å². The minimum Gasteiger partial charge on any atom is -0.389 e. The molecular weight excluding hydrogens is 356 g/mol. The van der Waals surface area contributed by atoms with Gasteiger partial charge in [0.05, 0.1) is 23.9 Å². The van der Waals surface area contributed by atoms with Gasteiger partial charge in [-0.25, -0.2) is 9.50 Å². The maximum absolute atomic E-state index is 13.0. The Labute approximate surface area is 163 Å². The summed E-state index contributed by atoms with van der Waals surface area (Å²) in [6.07, 6.45) is 9.35. The molecule has 8 nitrogen and oxygen atoms in total. The van der Waals surface area contributed by atoms with Gasteiger partial charge in [0.15, 0.2) is 17.2 Å². The number of carbonyl (C=O) groups is 1. The van der Waals surface area contributed by atoms with Crippen LogP contribution in [0.5, 0.6) is 0 Å². The van der Waals surface area contributed by atoms with Crippen molar-refractivity contribution in [1.29, 1.82) is 0 Å². The number of Topliss-reactive ketones (excluding diaryl/α,β-unsaturated/α-hetero) is 1. The second-order valence-electron chi connectivity index (χ2n) is 8.22. The molecule has 1 N–H and O–H groups in total. The highest BCUT2D eigenvalue weighted by atomic mass is 16.3. The second-order valence-corrected chi connectivity index (χ2v) is 8.22. The summed E-state index contributed by atoms with van der Waals surface area (Å²) in [5.74, 6) is 0.802. The summed E-state index contributed by atoms with van der Waals surface area (Å²) >= 11 is 0. The van der Waals surface area contributed by atoms with Crippen molar-refractivity contribution in [2.24, 2.45) is 0 Å². The number of ketones is 1. The van der Waals surface area contributed by atoms with Crippen LogP contribution in [-0.4, -0.2) is 53.5 Å². The van der Waals surface area contributed by atoms with Crippen molar-refractivity contribution in [3.05, 3.63) is 42.0 Å². The van der Waals surface area contributed by atoms with E-state index in [1.165, 1.54) is 0 Å². The highest BCUT2D eigenvalue weighted by Gasteiger charge is 2.28. The number of aliphatic hydroxyl groups is 1. The molecule has 3 aromatic rings. The van der Waals surface area contributed by atoms with Crippen LogP contribution in [0, 0.1) is 0 Å². The average Bonchev–Trinajstić information content (AvgIpc) is 3.31. The zero-order valence-electron chi connectivity index (χ0n) is 16.5. The van der Waals surface area contributed by atoms with Gasteiger partial charge >= 0.3 is 0 Å². The van der Waals surface area contributed by atoms with Gasteiger partial charge in [-0.3, -0.25) is 9.48 Å². The van der Waals surface area contributed by atoms with Gasteiger partial charge in [0.1, 0.15) is 0 Å². The van der Waals surface area contributed by atoms with Gasteiger partial charge in [0, 0.05) is 43.2 Å². The van der Waals surface area contributed by atoms with Gasteiger partial charge < -0.3 is 10.0 Å². The van der Waals surface area contributed by atoms with Crippen LogP contribution < -0.4 is 4.90 Å². The molecule has 1 fully saturated rings. The van der Waals surface area contributed by atoms with Crippen LogP contribution in [0.4, 0.5) is 5.82 Å². The lowest BCUT2D eigenvalue weighted by molar-refractivity contribution is 0.0578. The number of aromatic nitrogens is 5. The highest BCUT2D eigenvalue weighted by molar-refractivity contribution is 6.02. The predicted octanol–water partition coefficient (Wildman–Crippen LogP) is 2.11. The molecule has 0 bridgehead atoms. The normalized spacial score (nSPS) is 17.6. The highest BCUT2D eigenvalue weighted by Crippen LogP contribution is 2.29. The molecule has 0 amide bonds. The number of fused-ring (bicyclic) bond motifs is 1. The molecule has 4 heterocycles. The van der Waals surface area contributed by atoms with Gasteiger partial charge in [-0.15, -0.1) is 0 Å². The molecule has 3 aromatic heterocycles. The van der Waals surface area contributed by atoms with E-state index in [9.17, 15) is 9.90 Å². The summed E-state index contributed by atoms with van der Waals surface area (Å²) in [7, 11) is 0. The maximum Gasteiger partial charge on any atom is 0.172 e. The van der Waals surface area contributed by atoms with Crippen LogP contribution >= 0.6 is 0 Å². The molecular formula is C20H26N6O2. The first kappa shape index (κ1) is 18.6. The third-order valence-electron chi connectivity index (χ3n) is 5.12. The van der Waals surface area contributed by atoms with E-state index in [4.69, 9.17) is 5.10 Å². The molecule has 28 heavy (non-hydrogen) atoms. The zero-order valence-corrected chi connectivity index (χ0v) is 16.5. The summed E-state index contributed by atoms with van der Waals surface area (Å²) in [5, 5.41) is 19.1. The Balaban J connectivity index is 1.66. The first-order valence-corrected chi connectivity index (χ1v) is 9.69. The zero-order chi connectivity index (χ0) is 19.9. The molecule has 0 aliphatic carbocycles. The van der Waals surface area contributed by atoms with Crippen LogP contribution in [0.25, 0.3) is 5.65 Å². The van der Waals surface area contributed by atoms with Crippen LogP contribution in [0.3, 0.4) is 0 Å². The first-order chi connectivity index (χ1) is 13.3. The van der Waals surface area contributed by atoms with E-state index < -0.39 is 5.60 Å². The minimum absolute atomic E-state index is 0.0374. The molecule has 1 unspecified atom stereocenters. The number of hydrogen-bond donors (Lipinski definition) is 1. The molecule has 1 saturated heterocycles. The maximum atomic E-state index is 13.0. The van der Waals surface area contributed by atoms with E-state index in [-0.39, 0.29) is 12.2 Å². The third kappa shape index (κ3) is 3.64. The number of rotatable bonds is 6. The van der Waals surface area contributed by atoms with Gasteiger partial charge in [-0.2, -0.15) is 10.2 Å². The lowest BCUT2D eigenvalue weighted by Gasteiger charge is -2.22. The van der Waals surface area contributed by atoms with E-state index in [2.05, 4.69) is 21.9 Å². The lowest BCUT2D eigenvalue weighted by atomic mass is 10.1. The van der Waals surface area contributed by atoms with Gasteiger partial charge in [0.25, 0.3) is 0 Å². The molecule has 0 radical (unpaired) electrons. The molecule has 1 aliphatic rings. The molecule has 0 saturated carbocycles. The Morgan fingerprint density at radius 1 is 1.39 bits per heavy atom. The third-order valence-corrected chi connectivity index (χ3v) is 5.12. The topological polar surface area (TPSA) is 88.5 Å². The Kier molecular flexibility index (Phi) is 4.66. The van der Waals surface area contributed by atoms with Crippen LogP contribution in [0.15, 0.2) is 30.9 Å². The van der Waals surface area contributed by atoms with Crippen molar-refractivity contribution in [2.45, 2.75) is 58.2 Å². The van der Waals surface area contributed by atoms with Crippen molar-refractivity contribution in [3.63, 3.8) is 0 Å². The second kappa shape index (κ2) is 7.01. The molecule has 0 aromatic carbocycles. The summed E-state index contributed by atoms with van der Waals surface area (Å²) < 4.78 is 3.35. The Hall–Kier alpha value is -2.74. The Bertz CT molecular complexity index is 1000. The number of carbonyl (C=O) groups excluding carboxylic acids is 1. The van der Waals surface area contributed by atoms with Crippen LogP contribution in [-0.2, 0) is 13.0 Å². The number of nitrogens with zero attached hydrogens (tertiary/aromatic N) is 6. The monoisotopic (exact) mass is 382 g/mol. The van der Waals surface area contributed by atoms with E-state index in [1.54, 1.807) is 47.7 Å². The molecule has 1 atom stereocenters. The quantitative estimate of drug-likeness (QED) is 0.657. The fraction of sp³-hybridized carbons (Fsp3) is 0.500. The van der Waals surface area contributed by atoms with Crippen LogP contribution in [0.1, 0.15) is 49.5 Å². The summed E-state index contributed by atoms with van der Waals surface area (Å²) in [6, 6.07) is 2.17. The summed E-state index contributed by atoms with van der Waals surface area (Å²) in [6.45, 7) is 6.99. The van der Waals surface area contributed by atoms with E-state index in [1.807, 2.05) is 6.20 Å².